The van der Waals surface area contributed by atoms with Gasteiger partial charge in [-0.25, -0.2) is 0 Å². The molecule has 0 spiro atoms. The second-order valence-corrected chi connectivity index (χ2v) is 7.95. The van der Waals surface area contributed by atoms with E-state index in [-0.39, 0.29) is 5.91 Å². The van der Waals surface area contributed by atoms with Gasteiger partial charge in [0.05, 0.1) is 0 Å². The molecule has 26 heavy (non-hydrogen) atoms. The smallest absolute Gasteiger partial charge is 0.221 e. The van der Waals surface area contributed by atoms with E-state index in [0.29, 0.717) is 24.4 Å². The lowest BCUT2D eigenvalue weighted by atomic mass is 9.83. The zero-order valence-electron chi connectivity index (χ0n) is 16.7. The Bertz CT molecular complexity index is 441. The minimum absolute atomic E-state index is 0.146. The monoisotopic (exact) mass is 366 g/mol. The highest BCUT2D eigenvalue weighted by Gasteiger charge is 2.33. The number of hydrogen-bond acceptors (Lipinski definition) is 3. The fourth-order valence-electron chi connectivity index (χ4n) is 4.29. The summed E-state index contributed by atoms with van der Waals surface area (Å²) in [5, 5.41) is 9.91. The van der Waals surface area contributed by atoms with Crippen molar-refractivity contribution in [2.45, 2.75) is 76.7 Å². The average Bonchev–Trinajstić information content (AvgIpc) is 3.13. The fraction of sp³-hybridized carbons (Fsp3) is 0.900. The number of aliphatic imine (C=N–C) groups is 1. The number of amides is 1. The Hall–Kier alpha value is -1.30. The molecule has 0 aliphatic heterocycles. The van der Waals surface area contributed by atoms with E-state index in [1.165, 1.54) is 44.9 Å². The molecule has 2 fully saturated rings. The van der Waals surface area contributed by atoms with E-state index in [0.717, 1.165) is 38.4 Å². The predicted octanol–water partition coefficient (Wildman–Crippen LogP) is 2.59. The van der Waals surface area contributed by atoms with Crippen molar-refractivity contribution in [3.8, 4) is 0 Å². The SMILES string of the molecule is CN=C(NCCC(=O)NC1CCCCC1)NCC1(CCOC)CCCC1. The number of carbonyl (C=O) groups is 1. The summed E-state index contributed by atoms with van der Waals surface area (Å²) >= 11 is 0. The number of guanidine groups is 1. The first-order valence-electron chi connectivity index (χ1n) is 10.4. The van der Waals surface area contributed by atoms with Crippen LogP contribution >= 0.6 is 0 Å². The van der Waals surface area contributed by atoms with E-state index in [9.17, 15) is 4.79 Å². The van der Waals surface area contributed by atoms with Gasteiger partial charge in [-0.05, 0) is 37.5 Å². The van der Waals surface area contributed by atoms with Crippen LogP contribution in [0.15, 0.2) is 4.99 Å². The van der Waals surface area contributed by atoms with Gasteiger partial charge in [0.25, 0.3) is 0 Å². The van der Waals surface area contributed by atoms with Crippen LogP contribution < -0.4 is 16.0 Å². The van der Waals surface area contributed by atoms with Gasteiger partial charge in [0.1, 0.15) is 0 Å². The van der Waals surface area contributed by atoms with E-state index >= 15 is 0 Å². The third kappa shape index (κ3) is 7.14. The zero-order valence-corrected chi connectivity index (χ0v) is 16.7. The van der Waals surface area contributed by atoms with E-state index in [1.807, 2.05) is 0 Å². The van der Waals surface area contributed by atoms with Crippen molar-refractivity contribution in [1.82, 2.24) is 16.0 Å². The maximum absolute atomic E-state index is 12.1. The molecule has 150 valence electrons. The van der Waals surface area contributed by atoms with Crippen LogP contribution in [0.5, 0.6) is 0 Å². The molecule has 0 aromatic rings. The minimum Gasteiger partial charge on any atom is -0.385 e. The van der Waals surface area contributed by atoms with Crippen LogP contribution in [0.1, 0.15) is 70.6 Å². The molecular formula is C20H38N4O2. The van der Waals surface area contributed by atoms with E-state index < -0.39 is 0 Å². The molecule has 3 N–H and O–H groups in total. The number of carbonyl (C=O) groups excluding carboxylic acids is 1. The number of hydrogen-bond donors (Lipinski definition) is 3. The summed E-state index contributed by atoms with van der Waals surface area (Å²) < 4.78 is 5.30. The second kappa shape index (κ2) is 11.4. The normalized spacial score (nSPS) is 20.8. The third-order valence-electron chi connectivity index (χ3n) is 5.97. The van der Waals surface area contributed by atoms with Crippen molar-refractivity contribution >= 4 is 11.9 Å². The number of methoxy groups -OCH3 is 1. The van der Waals surface area contributed by atoms with E-state index in [1.54, 1.807) is 14.2 Å². The van der Waals surface area contributed by atoms with Gasteiger partial charge in [0, 0.05) is 46.3 Å². The van der Waals surface area contributed by atoms with Gasteiger partial charge in [-0.1, -0.05) is 32.1 Å². The number of nitrogens with zero attached hydrogens (tertiary/aromatic N) is 1. The standard InChI is InChI=1S/C20H38N4O2/c1-21-19(23-16-20(13-15-26-2)11-6-7-12-20)22-14-10-18(25)24-17-8-4-3-5-9-17/h17H,3-16H2,1-2H3,(H,24,25)(H2,21,22,23). The second-order valence-electron chi connectivity index (χ2n) is 7.95. The summed E-state index contributed by atoms with van der Waals surface area (Å²) in [6, 6.07) is 0.386. The first-order valence-corrected chi connectivity index (χ1v) is 10.4. The van der Waals surface area contributed by atoms with Crippen LogP contribution in [0.4, 0.5) is 0 Å². The minimum atomic E-state index is 0.146. The summed E-state index contributed by atoms with van der Waals surface area (Å²) in [5.74, 6) is 0.936. The van der Waals surface area contributed by atoms with Crippen molar-refractivity contribution in [2.24, 2.45) is 10.4 Å². The third-order valence-corrected chi connectivity index (χ3v) is 5.97. The number of rotatable bonds is 9. The summed E-state index contributed by atoms with van der Waals surface area (Å²) in [4.78, 5) is 16.4. The maximum atomic E-state index is 12.1. The number of nitrogens with one attached hydrogen (secondary N) is 3. The van der Waals surface area contributed by atoms with Crippen LogP contribution in [-0.2, 0) is 9.53 Å². The first-order chi connectivity index (χ1) is 12.7. The van der Waals surface area contributed by atoms with Gasteiger partial charge in [-0.15, -0.1) is 0 Å². The lowest BCUT2D eigenvalue weighted by Crippen LogP contribution is -2.44. The lowest BCUT2D eigenvalue weighted by Gasteiger charge is -2.30. The lowest BCUT2D eigenvalue weighted by molar-refractivity contribution is -0.121. The molecule has 1 amide bonds. The Balaban J connectivity index is 1.66. The molecule has 2 rings (SSSR count). The van der Waals surface area contributed by atoms with Gasteiger partial charge in [0.2, 0.25) is 5.91 Å². The molecule has 0 atom stereocenters. The molecule has 0 aromatic carbocycles. The van der Waals surface area contributed by atoms with Crippen LogP contribution in [0.2, 0.25) is 0 Å². The molecule has 2 aliphatic rings. The highest BCUT2D eigenvalue weighted by Crippen LogP contribution is 2.40. The Labute approximate surface area is 158 Å². The number of ether oxygens (including phenoxy) is 1. The molecule has 0 heterocycles. The summed E-state index contributed by atoms with van der Waals surface area (Å²) in [5.41, 5.74) is 0.325. The largest absolute Gasteiger partial charge is 0.385 e. The van der Waals surface area contributed by atoms with E-state index in [4.69, 9.17) is 4.74 Å². The van der Waals surface area contributed by atoms with Crippen molar-refractivity contribution in [2.75, 3.05) is 33.9 Å². The molecule has 0 unspecified atom stereocenters. The van der Waals surface area contributed by atoms with Crippen molar-refractivity contribution in [1.29, 1.82) is 0 Å². The van der Waals surface area contributed by atoms with Crippen molar-refractivity contribution < 1.29 is 9.53 Å². The van der Waals surface area contributed by atoms with Crippen molar-refractivity contribution in [3.63, 3.8) is 0 Å². The van der Waals surface area contributed by atoms with Gasteiger partial charge in [0.15, 0.2) is 5.96 Å². The predicted molar refractivity (Wildman–Crippen MR) is 106 cm³/mol. The summed E-state index contributed by atoms with van der Waals surface area (Å²) in [6.45, 7) is 2.35. The Morgan fingerprint density at radius 1 is 1.12 bits per heavy atom. The van der Waals surface area contributed by atoms with Crippen LogP contribution in [0.3, 0.4) is 0 Å². The summed E-state index contributed by atoms with van der Waals surface area (Å²) in [6.07, 6.45) is 12.8. The highest BCUT2D eigenvalue weighted by atomic mass is 16.5. The molecule has 2 aliphatic carbocycles. The van der Waals surface area contributed by atoms with Gasteiger partial charge in [-0.2, -0.15) is 0 Å². The maximum Gasteiger partial charge on any atom is 0.221 e. The van der Waals surface area contributed by atoms with Crippen LogP contribution in [-0.4, -0.2) is 51.8 Å². The molecule has 6 heteroatoms. The van der Waals surface area contributed by atoms with Gasteiger partial charge >= 0.3 is 0 Å². The first kappa shape index (κ1) is 21.0. The molecule has 0 aromatic heterocycles. The molecule has 0 saturated heterocycles. The molecule has 0 bridgehead atoms. The molecular weight excluding hydrogens is 328 g/mol. The molecule has 2 saturated carbocycles. The van der Waals surface area contributed by atoms with Crippen LogP contribution in [0.25, 0.3) is 0 Å². The topological polar surface area (TPSA) is 74.8 Å². The quantitative estimate of drug-likeness (QED) is 0.433. The molecule has 6 nitrogen and oxygen atoms in total. The highest BCUT2D eigenvalue weighted by molar-refractivity contribution is 5.81. The van der Waals surface area contributed by atoms with Crippen molar-refractivity contribution in [3.05, 3.63) is 0 Å². The van der Waals surface area contributed by atoms with Gasteiger partial charge < -0.3 is 20.7 Å². The average molecular weight is 367 g/mol. The van der Waals surface area contributed by atoms with Crippen LogP contribution in [0, 0.1) is 5.41 Å². The Morgan fingerprint density at radius 3 is 2.50 bits per heavy atom. The Morgan fingerprint density at radius 2 is 1.85 bits per heavy atom. The van der Waals surface area contributed by atoms with Gasteiger partial charge in [-0.3, -0.25) is 9.79 Å². The summed E-state index contributed by atoms with van der Waals surface area (Å²) in [7, 11) is 3.56. The Kier molecular flexibility index (Phi) is 9.23. The zero-order chi connectivity index (χ0) is 18.7. The molecule has 0 radical (unpaired) electrons. The fourth-order valence-corrected chi connectivity index (χ4v) is 4.29. The van der Waals surface area contributed by atoms with E-state index in [2.05, 4.69) is 20.9 Å².